The fraction of sp³-hybridized carbons (Fsp3) is 0.556. The Morgan fingerprint density at radius 3 is 3.11 bits per heavy atom. The van der Waals surface area contributed by atoms with Crippen LogP contribution in [0.5, 0.6) is 0 Å². The molecule has 0 heteroatoms. The summed E-state index contributed by atoms with van der Waals surface area (Å²) in [6.45, 7) is 0. The second-order valence-corrected chi connectivity index (χ2v) is 3.02. The highest BCUT2D eigenvalue weighted by Gasteiger charge is 2.42. The summed E-state index contributed by atoms with van der Waals surface area (Å²) in [5.74, 6) is 5.10. The molecule has 2 rings (SSSR count). The Labute approximate surface area is 56.0 Å². The molecule has 0 N–H and O–H groups in total. The van der Waals surface area contributed by atoms with Gasteiger partial charge in [-0.2, -0.15) is 0 Å². The molecule has 0 amide bonds. The summed E-state index contributed by atoms with van der Waals surface area (Å²) < 4.78 is 0. The number of rotatable bonds is 0. The molecule has 3 unspecified atom stereocenters. The van der Waals surface area contributed by atoms with Crippen LogP contribution in [0.4, 0.5) is 0 Å². The van der Waals surface area contributed by atoms with Crippen LogP contribution in [0.25, 0.3) is 0 Å². The highest BCUT2D eigenvalue weighted by Crippen LogP contribution is 2.49. The van der Waals surface area contributed by atoms with Gasteiger partial charge in [0, 0.05) is 5.92 Å². The molecular formula is C9H10. The summed E-state index contributed by atoms with van der Waals surface area (Å²) in [4.78, 5) is 0. The Bertz CT molecular complexity index is 183. The average Bonchev–Trinajstić information content (AvgIpc) is 2.64. The van der Waals surface area contributed by atoms with Crippen LogP contribution in [-0.4, -0.2) is 0 Å². The maximum Gasteiger partial charge on any atom is 0.0411 e. The number of fused-ring (bicyclic) bond motifs is 1. The third kappa shape index (κ3) is 0.685. The average molecular weight is 118 g/mol. The molecule has 0 aliphatic heterocycles. The van der Waals surface area contributed by atoms with E-state index in [9.17, 15) is 0 Å². The van der Waals surface area contributed by atoms with Gasteiger partial charge in [0.05, 0.1) is 0 Å². The van der Waals surface area contributed by atoms with Gasteiger partial charge < -0.3 is 0 Å². The lowest BCUT2D eigenvalue weighted by Gasteiger charge is -2.07. The second-order valence-electron chi connectivity index (χ2n) is 3.02. The first-order chi connectivity index (χ1) is 4.42. The van der Waals surface area contributed by atoms with Gasteiger partial charge in [-0.15, -0.1) is 6.42 Å². The van der Waals surface area contributed by atoms with E-state index >= 15 is 0 Å². The van der Waals surface area contributed by atoms with E-state index in [4.69, 9.17) is 6.42 Å². The molecule has 46 valence electrons. The van der Waals surface area contributed by atoms with Crippen molar-refractivity contribution >= 4 is 0 Å². The zero-order chi connectivity index (χ0) is 6.27. The van der Waals surface area contributed by atoms with Crippen LogP contribution in [0.15, 0.2) is 12.2 Å². The van der Waals surface area contributed by atoms with Crippen molar-refractivity contribution in [1.82, 2.24) is 0 Å². The van der Waals surface area contributed by atoms with E-state index in [2.05, 4.69) is 18.1 Å². The molecule has 0 aromatic rings. The van der Waals surface area contributed by atoms with E-state index in [-0.39, 0.29) is 0 Å². The first kappa shape index (κ1) is 5.11. The number of terminal acetylenes is 1. The minimum Gasteiger partial charge on any atom is -0.119 e. The SMILES string of the molecule is C#CC1C=CCC2CC12. The highest BCUT2D eigenvalue weighted by atomic mass is 14.5. The first-order valence-corrected chi connectivity index (χ1v) is 3.54. The molecule has 0 saturated heterocycles. The zero-order valence-corrected chi connectivity index (χ0v) is 5.38. The molecule has 0 heterocycles. The lowest BCUT2D eigenvalue weighted by atomic mass is 9.97. The van der Waals surface area contributed by atoms with E-state index in [1.54, 1.807) is 0 Å². The summed E-state index contributed by atoms with van der Waals surface area (Å²) in [6, 6.07) is 0. The molecule has 3 atom stereocenters. The maximum atomic E-state index is 5.32. The lowest BCUT2D eigenvalue weighted by molar-refractivity contribution is 0.606. The van der Waals surface area contributed by atoms with Crippen LogP contribution in [-0.2, 0) is 0 Å². The normalized spacial score (nSPS) is 45.4. The quantitative estimate of drug-likeness (QED) is 0.336. The highest BCUT2D eigenvalue weighted by molar-refractivity contribution is 5.17. The maximum absolute atomic E-state index is 5.32. The van der Waals surface area contributed by atoms with Gasteiger partial charge in [-0.05, 0) is 24.7 Å². The molecule has 2 aliphatic rings. The van der Waals surface area contributed by atoms with E-state index < -0.39 is 0 Å². The van der Waals surface area contributed by atoms with Crippen molar-refractivity contribution in [2.45, 2.75) is 12.8 Å². The van der Waals surface area contributed by atoms with Crippen molar-refractivity contribution in [1.29, 1.82) is 0 Å². The smallest absolute Gasteiger partial charge is 0.0411 e. The second kappa shape index (κ2) is 1.64. The molecule has 0 aromatic heterocycles. The van der Waals surface area contributed by atoms with Crippen LogP contribution in [0.2, 0.25) is 0 Å². The molecule has 2 aliphatic carbocycles. The van der Waals surface area contributed by atoms with Crippen molar-refractivity contribution in [2.24, 2.45) is 17.8 Å². The summed E-state index contributed by atoms with van der Waals surface area (Å²) >= 11 is 0. The van der Waals surface area contributed by atoms with Gasteiger partial charge in [0.2, 0.25) is 0 Å². The Morgan fingerprint density at radius 2 is 2.44 bits per heavy atom. The van der Waals surface area contributed by atoms with E-state index in [1.807, 2.05) is 0 Å². The summed E-state index contributed by atoms with van der Waals surface area (Å²) in [6.07, 6.45) is 12.4. The predicted molar refractivity (Wildman–Crippen MR) is 37.7 cm³/mol. The monoisotopic (exact) mass is 118 g/mol. The number of hydrogen-bond acceptors (Lipinski definition) is 0. The Morgan fingerprint density at radius 1 is 1.56 bits per heavy atom. The minimum atomic E-state index is 0.476. The van der Waals surface area contributed by atoms with E-state index in [1.165, 1.54) is 12.8 Å². The number of hydrogen-bond donors (Lipinski definition) is 0. The predicted octanol–water partition coefficient (Wildman–Crippen LogP) is 1.83. The van der Waals surface area contributed by atoms with Crippen molar-refractivity contribution in [3.05, 3.63) is 12.2 Å². The van der Waals surface area contributed by atoms with Crippen LogP contribution in [0.1, 0.15) is 12.8 Å². The van der Waals surface area contributed by atoms with Gasteiger partial charge in [0.1, 0.15) is 0 Å². The molecule has 9 heavy (non-hydrogen) atoms. The standard InChI is InChI=1S/C9H10/c1-2-7-4-3-5-8-6-9(7)8/h1,3-4,7-9H,5-6H2. The largest absolute Gasteiger partial charge is 0.119 e. The van der Waals surface area contributed by atoms with Crippen molar-refractivity contribution in [3.63, 3.8) is 0 Å². The molecule has 1 saturated carbocycles. The first-order valence-electron chi connectivity index (χ1n) is 3.54. The van der Waals surface area contributed by atoms with Crippen molar-refractivity contribution in [3.8, 4) is 12.3 Å². The van der Waals surface area contributed by atoms with Crippen LogP contribution < -0.4 is 0 Å². The van der Waals surface area contributed by atoms with Gasteiger partial charge in [0.15, 0.2) is 0 Å². The molecule has 0 bridgehead atoms. The number of allylic oxidation sites excluding steroid dienone is 2. The van der Waals surface area contributed by atoms with Gasteiger partial charge in [0.25, 0.3) is 0 Å². The molecule has 0 aromatic carbocycles. The lowest BCUT2D eigenvalue weighted by Crippen LogP contribution is -2.00. The molecule has 0 radical (unpaired) electrons. The Balaban J connectivity index is 2.16. The minimum absolute atomic E-state index is 0.476. The fourth-order valence-corrected chi connectivity index (χ4v) is 1.70. The van der Waals surface area contributed by atoms with Crippen LogP contribution in [0, 0.1) is 30.1 Å². The third-order valence-electron chi connectivity index (χ3n) is 2.41. The molecular weight excluding hydrogens is 108 g/mol. The van der Waals surface area contributed by atoms with Crippen LogP contribution in [0.3, 0.4) is 0 Å². The van der Waals surface area contributed by atoms with Gasteiger partial charge in [-0.25, -0.2) is 0 Å². The molecule has 0 spiro atoms. The summed E-state index contributed by atoms with van der Waals surface area (Å²) in [5.41, 5.74) is 0. The zero-order valence-electron chi connectivity index (χ0n) is 5.38. The fourth-order valence-electron chi connectivity index (χ4n) is 1.70. The topological polar surface area (TPSA) is 0 Å². The summed E-state index contributed by atoms with van der Waals surface area (Å²) in [7, 11) is 0. The van der Waals surface area contributed by atoms with Crippen LogP contribution >= 0.6 is 0 Å². The Hall–Kier alpha value is -0.700. The summed E-state index contributed by atoms with van der Waals surface area (Å²) in [5, 5.41) is 0. The van der Waals surface area contributed by atoms with E-state index in [0.717, 1.165) is 11.8 Å². The third-order valence-corrected chi connectivity index (χ3v) is 2.41. The Kier molecular flexibility index (Phi) is 0.931. The van der Waals surface area contributed by atoms with Crippen molar-refractivity contribution < 1.29 is 0 Å². The van der Waals surface area contributed by atoms with Gasteiger partial charge in [-0.3, -0.25) is 0 Å². The van der Waals surface area contributed by atoms with Crippen molar-refractivity contribution in [2.75, 3.05) is 0 Å². The molecule has 0 nitrogen and oxygen atoms in total. The van der Waals surface area contributed by atoms with Gasteiger partial charge in [-0.1, -0.05) is 18.1 Å². The molecule has 1 fully saturated rings. The van der Waals surface area contributed by atoms with Gasteiger partial charge >= 0.3 is 0 Å². The van der Waals surface area contributed by atoms with E-state index in [0.29, 0.717) is 5.92 Å².